The van der Waals surface area contributed by atoms with Gasteiger partial charge in [-0.2, -0.15) is 0 Å². The van der Waals surface area contributed by atoms with Crippen LogP contribution in [0.15, 0.2) is 57.2 Å². The summed E-state index contributed by atoms with van der Waals surface area (Å²) in [4.78, 5) is 20.3. The largest absolute Gasteiger partial charge is 0.493 e. The first-order valence-electron chi connectivity index (χ1n) is 9.72. The zero-order valence-corrected chi connectivity index (χ0v) is 18.1. The number of benzene rings is 1. The molecule has 0 aliphatic heterocycles. The second kappa shape index (κ2) is 10.1. The first-order chi connectivity index (χ1) is 14.5. The van der Waals surface area contributed by atoms with Crippen LogP contribution in [0, 0.1) is 0 Å². The van der Waals surface area contributed by atoms with Crippen molar-refractivity contribution >= 4 is 39.5 Å². The molecule has 30 heavy (non-hydrogen) atoms. The van der Waals surface area contributed by atoms with Gasteiger partial charge >= 0.3 is 5.91 Å². The van der Waals surface area contributed by atoms with Crippen LogP contribution < -0.4 is 0 Å². The van der Waals surface area contributed by atoms with E-state index in [0.717, 1.165) is 28.9 Å². The molecule has 0 fully saturated rings. The highest BCUT2D eigenvalue weighted by atomic mass is 32.1. The fraction of sp³-hybridized carbons (Fsp3) is 0.333. The van der Waals surface area contributed by atoms with Gasteiger partial charge in [0, 0.05) is 5.39 Å². The standard InChI is InChI=1S/C21H25N5O3S/c1-4-25(5-2)14-26-17-10-7-6-9-16(17)20(21(26)28)23-22-19(27)13-29-24-15(3)18-11-8-12-30-18/h6-12,28H,4-5,13-14H2,1-3H3/b23-22?,24-15+. The maximum absolute atomic E-state index is 12.1. The molecule has 8 nitrogen and oxygen atoms in total. The van der Waals surface area contributed by atoms with Gasteiger partial charge in [-0.25, -0.2) is 0 Å². The molecule has 0 radical (unpaired) electrons. The number of thiophene rings is 1. The van der Waals surface area contributed by atoms with E-state index in [4.69, 9.17) is 4.84 Å². The minimum Gasteiger partial charge on any atom is -0.493 e. The fourth-order valence-electron chi connectivity index (χ4n) is 2.99. The molecule has 0 bridgehead atoms. The molecule has 1 N–H and O–H groups in total. The Morgan fingerprint density at radius 3 is 2.67 bits per heavy atom. The SMILES string of the molecule is CCN(CC)Cn1c(O)c(N=NC(=O)CO/N=C(\C)c2cccs2)c2ccccc21. The van der Waals surface area contributed by atoms with Gasteiger partial charge in [0.2, 0.25) is 5.88 Å². The van der Waals surface area contributed by atoms with Gasteiger partial charge in [-0.15, -0.1) is 21.6 Å². The number of azo groups is 1. The molecule has 0 saturated heterocycles. The second-order valence-electron chi connectivity index (χ2n) is 6.58. The van der Waals surface area contributed by atoms with Gasteiger partial charge in [0.15, 0.2) is 12.3 Å². The normalized spacial score (nSPS) is 12.3. The lowest BCUT2D eigenvalue weighted by Gasteiger charge is -2.19. The number of carbonyl (C=O) groups excluding carboxylic acids is 1. The average molecular weight is 428 g/mol. The van der Waals surface area contributed by atoms with Crippen LogP contribution in [0.1, 0.15) is 25.6 Å². The third-order valence-corrected chi connectivity index (χ3v) is 5.66. The van der Waals surface area contributed by atoms with Gasteiger partial charge in [0.05, 0.1) is 22.8 Å². The lowest BCUT2D eigenvalue weighted by Crippen LogP contribution is -2.25. The van der Waals surface area contributed by atoms with Crippen molar-refractivity contribution in [3.63, 3.8) is 0 Å². The summed E-state index contributed by atoms with van der Waals surface area (Å²) >= 11 is 1.54. The summed E-state index contributed by atoms with van der Waals surface area (Å²) in [5.74, 6) is -0.607. The van der Waals surface area contributed by atoms with Gasteiger partial charge in [0.1, 0.15) is 0 Å². The molecule has 0 aliphatic rings. The van der Waals surface area contributed by atoms with E-state index >= 15 is 0 Å². The van der Waals surface area contributed by atoms with Crippen molar-refractivity contribution in [1.29, 1.82) is 0 Å². The second-order valence-corrected chi connectivity index (χ2v) is 7.53. The van der Waals surface area contributed by atoms with Crippen molar-refractivity contribution in [2.45, 2.75) is 27.4 Å². The molecule has 0 atom stereocenters. The van der Waals surface area contributed by atoms with E-state index in [9.17, 15) is 9.90 Å². The molecular weight excluding hydrogens is 402 g/mol. The Labute approximate surface area is 179 Å². The van der Waals surface area contributed by atoms with Crippen LogP contribution in [0.3, 0.4) is 0 Å². The van der Waals surface area contributed by atoms with Gasteiger partial charge in [-0.05, 0) is 37.5 Å². The molecule has 2 aromatic heterocycles. The third kappa shape index (κ3) is 4.92. The Morgan fingerprint density at radius 2 is 1.97 bits per heavy atom. The lowest BCUT2D eigenvalue weighted by atomic mass is 10.2. The molecule has 9 heteroatoms. The number of rotatable bonds is 9. The van der Waals surface area contributed by atoms with Crippen molar-refractivity contribution < 1.29 is 14.7 Å². The third-order valence-electron chi connectivity index (χ3n) is 4.68. The maximum atomic E-state index is 12.1. The number of hydrogen-bond donors (Lipinski definition) is 1. The van der Waals surface area contributed by atoms with E-state index in [1.807, 2.05) is 41.8 Å². The predicted octanol–water partition coefficient (Wildman–Crippen LogP) is 4.76. The summed E-state index contributed by atoms with van der Waals surface area (Å²) in [5.41, 5.74) is 1.78. The van der Waals surface area contributed by atoms with Crippen LogP contribution in [-0.4, -0.2) is 45.9 Å². The predicted molar refractivity (Wildman–Crippen MR) is 119 cm³/mol. The summed E-state index contributed by atoms with van der Waals surface area (Å²) < 4.78 is 1.77. The number of carbonyl (C=O) groups is 1. The molecule has 3 aromatic rings. The maximum Gasteiger partial charge on any atom is 0.304 e. The molecule has 0 saturated carbocycles. The first-order valence-corrected chi connectivity index (χ1v) is 10.6. The number of oxime groups is 1. The monoisotopic (exact) mass is 427 g/mol. The van der Waals surface area contributed by atoms with Crippen LogP contribution in [0.5, 0.6) is 5.88 Å². The summed E-state index contributed by atoms with van der Waals surface area (Å²) in [6.07, 6.45) is 0. The Balaban J connectivity index is 1.74. The fourth-order valence-corrected chi connectivity index (χ4v) is 3.65. The number of hydrogen-bond acceptors (Lipinski definition) is 7. The van der Waals surface area contributed by atoms with Crippen LogP contribution in [0.25, 0.3) is 10.9 Å². The topological polar surface area (TPSA) is 91.8 Å². The molecule has 3 rings (SSSR count). The molecule has 0 aliphatic carbocycles. The zero-order chi connectivity index (χ0) is 21.5. The Hall–Kier alpha value is -3.04. The number of nitrogens with zero attached hydrogens (tertiary/aromatic N) is 5. The number of amides is 1. The molecule has 1 aromatic carbocycles. The quantitative estimate of drug-likeness (QED) is 0.303. The van der Waals surface area contributed by atoms with Crippen molar-refractivity contribution in [1.82, 2.24) is 9.47 Å². The highest BCUT2D eigenvalue weighted by molar-refractivity contribution is 7.12. The van der Waals surface area contributed by atoms with E-state index in [-0.39, 0.29) is 18.2 Å². The zero-order valence-electron chi connectivity index (χ0n) is 17.3. The van der Waals surface area contributed by atoms with Crippen molar-refractivity contribution in [2.75, 3.05) is 19.7 Å². The lowest BCUT2D eigenvalue weighted by molar-refractivity contribution is -0.122. The van der Waals surface area contributed by atoms with Crippen LogP contribution in [0.2, 0.25) is 0 Å². The van der Waals surface area contributed by atoms with Crippen LogP contribution in [0.4, 0.5) is 5.69 Å². The number of aromatic hydroxyl groups is 1. The van der Waals surface area contributed by atoms with E-state index in [0.29, 0.717) is 12.4 Å². The Bertz CT molecular complexity index is 1050. The highest BCUT2D eigenvalue weighted by Crippen LogP contribution is 2.38. The molecule has 0 unspecified atom stereocenters. The van der Waals surface area contributed by atoms with Crippen LogP contribution >= 0.6 is 11.3 Å². The van der Waals surface area contributed by atoms with E-state index in [2.05, 4.69) is 34.1 Å². The Kier molecular flexibility index (Phi) is 7.31. The highest BCUT2D eigenvalue weighted by Gasteiger charge is 2.18. The van der Waals surface area contributed by atoms with Crippen molar-refractivity contribution in [2.24, 2.45) is 15.4 Å². The van der Waals surface area contributed by atoms with Crippen molar-refractivity contribution in [3.05, 3.63) is 46.7 Å². The minimum atomic E-state index is -0.585. The van der Waals surface area contributed by atoms with Gasteiger partial charge in [-0.3, -0.25) is 14.3 Å². The van der Waals surface area contributed by atoms with Gasteiger partial charge < -0.3 is 9.94 Å². The Morgan fingerprint density at radius 1 is 1.20 bits per heavy atom. The molecule has 1 amide bonds. The number of para-hydroxylation sites is 1. The molecule has 0 spiro atoms. The van der Waals surface area contributed by atoms with Crippen LogP contribution in [-0.2, 0) is 16.3 Å². The van der Waals surface area contributed by atoms with Crippen molar-refractivity contribution in [3.8, 4) is 5.88 Å². The molecular formula is C21H25N5O3S. The van der Waals surface area contributed by atoms with Gasteiger partial charge in [-0.1, -0.05) is 43.3 Å². The summed E-state index contributed by atoms with van der Waals surface area (Å²) in [7, 11) is 0. The number of fused-ring (bicyclic) bond motifs is 1. The molecule has 158 valence electrons. The number of aromatic nitrogens is 1. The minimum absolute atomic E-state index is 0.0212. The van der Waals surface area contributed by atoms with E-state index in [1.54, 1.807) is 11.5 Å². The summed E-state index contributed by atoms with van der Waals surface area (Å²) in [6.45, 7) is 7.82. The summed E-state index contributed by atoms with van der Waals surface area (Å²) in [5, 5.41) is 25.1. The van der Waals surface area contributed by atoms with E-state index < -0.39 is 5.91 Å². The van der Waals surface area contributed by atoms with Gasteiger partial charge in [0.25, 0.3) is 0 Å². The van der Waals surface area contributed by atoms with E-state index in [1.165, 1.54) is 11.3 Å². The molecule has 2 heterocycles. The summed E-state index contributed by atoms with van der Waals surface area (Å²) in [6, 6.07) is 11.3. The average Bonchev–Trinajstić information content (AvgIpc) is 3.38. The smallest absolute Gasteiger partial charge is 0.304 e. The first kappa shape index (κ1) is 21.7.